The zero-order valence-electron chi connectivity index (χ0n) is 12.1. The summed E-state index contributed by atoms with van der Waals surface area (Å²) in [6.45, 7) is 11.8. The fourth-order valence-electron chi connectivity index (χ4n) is 2.20. The Morgan fingerprint density at radius 3 is 2.55 bits per heavy atom. The van der Waals surface area contributed by atoms with Crippen molar-refractivity contribution < 1.29 is 9.13 Å². The highest BCUT2D eigenvalue weighted by Crippen LogP contribution is 2.37. The molecule has 0 fully saturated rings. The SMILES string of the molecule is C=C/C=C(\C=C/C)C(C=C)(OCC)c1ccccc1F. The van der Waals surface area contributed by atoms with Gasteiger partial charge in [-0.2, -0.15) is 0 Å². The molecule has 0 saturated heterocycles. The highest BCUT2D eigenvalue weighted by atomic mass is 19.1. The van der Waals surface area contributed by atoms with Gasteiger partial charge < -0.3 is 4.74 Å². The normalized spacial score (nSPS) is 15.1. The van der Waals surface area contributed by atoms with E-state index in [9.17, 15) is 4.39 Å². The second-order valence-corrected chi connectivity index (χ2v) is 4.21. The van der Waals surface area contributed by atoms with Crippen LogP contribution in [-0.4, -0.2) is 6.61 Å². The highest BCUT2D eigenvalue weighted by molar-refractivity contribution is 5.45. The van der Waals surface area contributed by atoms with Gasteiger partial charge in [0.05, 0.1) is 0 Å². The lowest BCUT2D eigenvalue weighted by atomic mass is 9.84. The van der Waals surface area contributed by atoms with E-state index in [1.165, 1.54) is 6.07 Å². The van der Waals surface area contributed by atoms with Crippen LogP contribution in [0, 0.1) is 5.82 Å². The minimum absolute atomic E-state index is 0.319. The molecule has 20 heavy (non-hydrogen) atoms. The van der Waals surface area contributed by atoms with Crippen molar-refractivity contribution in [3.05, 3.63) is 84.8 Å². The molecule has 1 rings (SSSR count). The van der Waals surface area contributed by atoms with Crippen LogP contribution in [0.1, 0.15) is 19.4 Å². The number of hydrogen-bond acceptors (Lipinski definition) is 1. The van der Waals surface area contributed by atoms with Crippen molar-refractivity contribution in [3.8, 4) is 0 Å². The molecule has 1 nitrogen and oxygen atoms in total. The molecule has 0 N–H and O–H groups in total. The Morgan fingerprint density at radius 1 is 1.35 bits per heavy atom. The molecule has 0 amide bonds. The Hall–Kier alpha value is -1.93. The molecule has 0 aliphatic carbocycles. The summed E-state index contributed by atoms with van der Waals surface area (Å²) >= 11 is 0. The topological polar surface area (TPSA) is 9.23 Å². The number of ether oxygens (including phenoxy) is 1. The molecule has 0 aromatic heterocycles. The van der Waals surface area contributed by atoms with Gasteiger partial charge in [0.2, 0.25) is 0 Å². The van der Waals surface area contributed by atoms with Gasteiger partial charge in [-0.05, 0) is 25.5 Å². The van der Waals surface area contributed by atoms with Gasteiger partial charge in [-0.3, -0.25) is 0 Å². The number of rotatable bonds is 7. The summed E-state index contributed by atoms with van der Waals surface area (Å²) < 4.78 is 20.1. The summed E-state index contributed by atoms with van der Waals surface area (Å²) in [6, 6.07) is 6.59. The van der Waals surface area contributed by atoms with Crippen LogP contribution in [0.3, 0.4) is 0 Å². The highest BCUT2D eigenvalue weighted by Gasteiger charge is 2.34. The first-order chi connectivity index (χ1) is 9.66. The van der Waals surface area contributed by atoms with Crippen LogP contribution in [0.5, 0.6) is 0 Å². The zero-order chi connectivity index (χ0) is 15.0. The fourth-order valence-corrected chi connectivity index (χ4v) is 2.20. The second kappa shape index (κ2) is 7.61. The Morgan fingerprint density at radius 2 is 2.05 bits per heavy atom. The third-order valence-electron chi connectivity index (χ3n) is 3.01. The average molecular weight is 272 g/mol. The van der Waals surface area contributed by atoms with Crippen LogP contribution in [0.25, 0.3) is 0 Å². The van der Waals surface area contributed by atoms with E-state index in [1.54, 1.807) is 30.4 Å². The van der Waals surface area contributed by atoms with Crippen LogP contribution in [0.2, 0.25) is 0 Å². The fraction of sp³-hybridized carbons (Fsp3) is 0.222. The lowest BCUT2D eigenvalue weighted by Gasteiger charge is -2.32. The van der Waals surface area contributed by atoms with Gasteiger partial charge in [-0.15, -0.1) is 0 Å². The maximum absolute atomic E-state index is 14.2. The maximum Gasteiger partial charge on any atom is 0.139 e. The lowest BCUT2D eigenvalue weighted by Crippen LogP contribution is -2.30. The predicted molar refractivity (Wildman–Crippen MR) is 83.0 cm³/mol. The van der Waals surface area contributed by atoms with E-state index in [1.807, 2.05) is 32.1 Å². The molecule has 0 saturated carbocycles. The van der Waals surface area contributed by atoms with Gasteiger partial charge in [-0.25, -0.2) is 4.39 Å². The van der Waals surface area contributed by atoms with Gasteiger partial charge in [0.25, 0.3) is 0 Å². The van der Waals surface area contributed by atoms with E-state index < -0.39 is 5.60 Å². The van der Waals surface area contributed by atoms with Crippen molar-refractivity contribution >= 4 is 0 Å². The van der Waals surface area contributed by atoms with E-state index in [2.05, 4.69) is 13.2 Å². The van der Waals surface area contributed by atoms with Crippen molar-refractivity contribution in [3.63, 3.8) is 0 Å². The predicted octanol–water partition coefficient (Wildman–Crippen LogP) is 4.93. The molecule has 0 spiro atoms. The third-order valence-corrected chi connectivity index (χ3v) is 3.01. The maximum atomic E-state index is 14.2. The lowest BCUT2D eigenvalue weighted by molar-refractivity contribution is 0.0249. The van der Waals surface area contributed by atoms with Crippen LogP contribution < -0.4 is 0 Å². The van der Waals surface area contributed by atoms with Crippen molar-refractivity contribution in [2.75, 3.05) is 6.61 Å². The monoisotopic (exact) mass is 272 g/mol. The standard InChI is InChI=1S/C18H21FO/c1-5-11-15(12-6-2)18(7-3,20-8-4)16-13-9-10-14-17(16)19/h5-7,9-14H,1,3,8H2,2,4H3/b12-6-,15-11+. The Labute approximate surface area is 120 Å². The Kier molecular flexibility index (Phi) is 6.13. The summed E-state index contributed by atoms with van der Waals surface area (Å²) in [5.41, 5.74) is 0.223. The van der Waals surface area contributed by atoms with Crippen molar-refractivity contribution in [2.45, 2.75) is 19.4 Å². The van der Waals surface area contributed by atoms with Crippen molar-refractivity contribution in [2.24, 2.45) is 0 Å². The Balaban J connectivity index is 3.58. The number of allylic oxidation sites excluding steroid dienone is 3. The number of benzene rings is 1. The van der Waals surface area contributed by atoms with Gasteiger partial charge >= 0.3 is 0 Å². The molecule has 1 aromatic rings. The third kappa shape index (κ3) is 3.14. The molecule has 0 heterocycles. The van der Waals surface area contributed by atoms with Gasteiger partial charge in [0.1, 0.15) is 11.4 Å². The quantitative estimate of drug-likeness (QED) is 0.505. The van der Waals surface area contributed by atoms with Crippen molar-refractivity contribution in [1.82, 2.24) is 0 Å². The van der Waals surface area contributed by atoms with Crippen LogP contribution in [0.15, 0.2) is 73.4 Å². The molecular weight excluding hydrogens is 251 g/mol. The molecule has 0 radical (unpaired) electrons. The van der Waals surface area contributed by atoms with Crippen LogP contribution in [0.4, 0.5) is 4.39 Å². The first-order valence-corrected chi connectivity index (χ1v) is 6.64. The van der Waals surface area contributed by atoms with Gasteiger partial charge in [0.15, 0.2) is 0 Å². The molecule has 0 aliphatic heterocycles. The number of halogens is 1. The second-order valence-electron chi connectivity index (χ2n) is 4.21. The summed E-state index contributed by atoms with van der Waals surface area (Å²) in [5, 5.41) is 0. The summed E-state index contributed by atoms with van der Waals surface area (Å²) in [4.78, 5) is 0. The minimum Gasteiger partial charge on any atom is -0.362 e. The van der Waals surface area contributed by atoms with E-state index in [-0.39, 0.29) is 5.82 Å². The average Bonchev–Trinajstić information content (AvgIpc) is 2.45. The largest absolute Gasteiger partial charge is 0.362 e. The number of hydrogen-bond donors (Lipinski definition) is 0. The van der Waals surface area contributed by atoms with Gasteiger partial charge in [0, 0.05) is 12.2 Å². The van der Waals surface area contributed by atoms with E-state index >= 15 is 0 Å². The van der Waals surface area contributed by atoms with E-state index in [0.29, 0.717) is 12.2 Å². The van der Waals surface area contributed by atoms with E-state index in [4.69, 9.17) is 4.74 Å². The smallest absolute Gasteiger partial charge is 0.139 e. The molecule has 1 atom stereocenters. The summed E-state index contributed by atoms with van der Waals surface area (Å²) in [5.74, 6) is -0.319. The molecule has 0 aliphatic rings. The minimum atomic E-state index is -1.01. The van der Waals surface area contributed by atoms with Crippen LogP contribution >= 0.6 is 0 Å². The van der Waals surface area contributed by atoms with E-state index in [0.717, 1.165) is 5.57 Å². The first kappa shape index (κ1) is 16.1. The molecule has 1 aromatic carbocycles. The van der Waals surface area contributed by atoms with Crippen molar-refractivity contribution in [1.29, 1.82) is 0 Å². The molecule has 1 unspecified atom stereocenters. The zero-order valence-corrected chi connectivity index (χ0v) is 12.1. The van der Waals surface area contributed by atoms with Crippen LogP contribution in [-0.2, 0) is 10.3 Å². The molecule has 2 heteroatoms. The Bertz CT molecular complexity index is 528. The summed E-state index contributed by atoms with van der Waals surface area (Å²) in [6.07, 6.45) is 8.86. The molecule has 106 valence electrons. The molecule has 0 bridgehead atoms. The molecular formula is C18H21FO. The van der Waals surface area contributed by atoms with Gasteiger partial charge in [-0.1, -0.05) is 61.7 Å². The first-order valence-electron chi connectivity index (χ1n) is 6.64. The summed E-state index contributed by atoms with van der Waals surface area (Å²) in [7, 11) is 0.